The summed E-state index contributed by atoms with van der Waals surface area (Å²) in [6.45, 7) is 4.46. The van der Waals surface area contributed by atoms with Gasteiger partial charge >= 0.3 is 0 Å². The predicted octanol–water partition coefficient (Wildman–Crippen LogP) is 0.292. The van der Waals surface area contributed by atoms with E-state index in [1.54, 1.807) is 0 Å². The van der Waals surface area contributed by atoms with E-state index in [0.717, 1.165) is 0 Å². The maximum Gasteiger partial charge on any atom is 0.121 e. The minimum Gasteiger partial charge on any atom is -0.176 e. The van der Waals surface area contributed by atoms with Gasteiger partial charge in [-0.1, -0.05) is 13.1 Å². The lowest BCUT2D eigenvalue weighted by Crippen LogP contribution is -2.03. The molecule has 1 atom stereocenters. The molecule has 32 valence electrons. The molecule has 0 amide bonds. The van der Waals surface area contributed by atoms with Crippen LogP contribution in [0, 0.1) is 0 Å². The third-order valence-electron chi connectivity index (χ3n) is 0.563. The smallest absolute Gasteiger partial charge is 0.121 e. The summed E-state index contributed by atoms with van der Waals surface area (Å²) in [5.74, 6) is 0. The van der Waals surface area contributed by atoms with Crippen molar-refractivity contribution >= 4 is 27.7 Å². The topological polar surface area (TPSA) is 0 Å². The molecule has 0 nitrogen and oxygen atoms in total. The molecular weight excluding hydrogens is 116 g/mol. The number of rotatable bonds is 1. The molecule has 0 N–H and O–H groups in total. The van der Waals surface area contributed by atoms with Crippen LogP contribution in [-0.2, 0) is 0 Å². The lowest BCUT2D eigenvalue weighted by molar-refractivity contribution is 2.27. The normalized spacial score (nSPS) is 17.4. The standard InChI is InChI=1S/C2H9ClSi2/c1-4-5(2)3/h5H,4H2,1-2H3. The van der Waals surface area contributed by atoms with E-state index in [1.165, 1.54) is 0 Å². The molecule has 0 rings (SSSR count). The van der Waals surface area contributed by atoms with Gasteiger partial charge in [-0.25, -0.2) is 0 Å². The molecule has 0 heterocycles. The van der Waals surface area contributed by atoms with Crippen molar-refractivity contribution in [2.24, 2.45) is 0 Å². The average molecular weight is 125 g/mol. The summed E-state index contributed by atoms with van der Waals surface area (Å²) in [6.07, 6.45) is 0. The van der Waals surface area contributed by atoms with E-state index in [2.05, 4.69) is 13.1 Å². The van der Waals surface area contributed by atoms with Crippen molar-refractivity contribution in [3.63, 3.8) is 0 Å². The molecule has 0 aliphatic heterocycles. The number of halogens is 1. The quantitative estimate of drug-likeness (QED) is 0.349. The van der Waals surface area contributed by atoms with E-state index in [0.29, 0.717) is 0 Å². The van der Waals surface area contributed by atoms with E-state index < -0.39 is 7.62 Å². The first-order valence-corrected chi connectivity index (χ1v) is 9.49. The van der Waals surface area contributed by atoms with Gasteiger partial charge in [-0.15, -0.1) is 0 Å². The highest BCUT2D eigenvalue weighted by Gasteiger charge is 1.88. The van der Waals surface area contributed by atoms with Crippen molar-refractivity contribution in [3.05, 3.63) is 0 Å². The largest absolute Gasteiger partial charge is 0.176 e. The summed E-state index contributed by atoms with van der Waals surface area (Å²) in [5.41, 5.74) is 0. The van der Waals surface area contributed by atoms with Crippen LogP contribution in [0.25, 0.3) is 0 Å². The van der Waals surface area contributed by atoms with Crippen molar-refractivity contribution in [1.82, 2.24) is 0 Å². The zero-order chi connectivity index (χ0) is 4.28. The van der Waals surface area contributed by atoms with Crippen LogP contribution >= 0.6 is 11.1 Å². The molecule has 0 aromatic heterocycles. The second-order valence-corrected chi connectivity index (χ2v) is 13.5. The highest BCUT2D eigenvalue weighted by atomic mass is 35.6. The molecule has 0 fully saturated rings. The molecule has 0 spiro atoms. The first-order chi connectivity index (χ1) is 2.27. The van der Waals surface area contributed by atoms with Gasteiger partial charge in [0.1, 0.15) is 7.62 Å². The Labute approximate surface area is 41.5 Å². The summed E-state index contributed by atoms with van der Waals surface area (Å²) >= 11 is 5.66. The monoisotopic (exact) mass is 124 g/mol. The van der Waals surface area contributed by atoms with E-state index >= 15 is 0 Å². The van der Waals surface area contributed by atoms with Crippen molar-refractivity contribution in [3.8, 4) is 0 Å². The lowest BCUT2D eigenvalue weighted by Gasteiger charge is -1.83. The highest BCUT2D eigenvalue weighted by molar-refractivity contribution is 7.36. The maximum absolute atomic E-state index is 5.66. The van der Waals surface area contributed by atoms with Gasteiger partial charge in [0.25, 0.3) is 0 Å². The third kappa shape index (κ3) is 4.72. The first kappa shape index (κ1) is 5.72. The van der Waals surface area contributed by atoms with Crippen LogP contribution in [0.1, 0.15) is 0 Å². The maximum atomic E-state index is 5.66. The van der Waals surface area contributed by atoms with Crippen LogP contribution in [-0.4, -0.2) is 16.7 Å². The van der Waals surface area contributed by atoms with Gasteiger partial charge in [-0.2, -0.15) is 11.1 Å². The van der Waals surface area contributed by atoms with Crippen LogP contribution in [0.15, 0.2) is 0 Å². The summed E-state index contributed by atoms with van der Waals surface area (Å²) in [6, 6.07) is 0. The molecule has 0 aliphatic rings. The Morgan fingerprint density at radius 3 is 2.00 bits per heavy atom. The van der Waals surface area contributed by atoms with Crippen LogP contribution < -0.4 is 0 Å². The molecule has 0 bridgehead atoms. The van der Waals surface area contributed by atoms with Crippen LogP contribution in [0.5, 0.6) is 0 Å². The first-order valence-electron chi connectivity index (χ1n) is 1.91. The molecular formula is C2H9ClSi2. The summed E-state index contributed by atoms with van der Waals surface area (Å²) in [5, 5.41) is 0. The minimum atomic E-state index is -0.539. The molecule has 5 heavy (non-hydrogen) atoms. The minimum absolute atomic E-state index is 0.253. The molecule has 3 heteroatoms. The molecule has 0 aliphatic carbocycles. The van der Waals surface area contributed by atoms with Gasteiger partial charge in [0.2, 0.25) is 0 Å². The Morgan fingerprint density at radius 2 is 2.00 bits per heavy atom. The van der Waals surface area contributed by atoms with Crippen molar-refractivity contribution < 1.29 is 0 Å². The molecule has 0 radical (unpaired) electrons. The molecule has 0 saturated carbocycles. The predicted molar refractivity (Wildman–Crippen MR) is 33.3 cm³/mol. The fraction of sp³-hybridized carbons (Fsp3) is 1.00. The zero-order valence-corrected chi connectivity index (χ0v) is 6.99. The second-order valence-electron chi connectivity index (χ2n) is 1.19. The van der Waals surface area contributed by atoms with E-state index in [-0.39, 0.29) is 9.04 Å². The highest BCUT2D eigenvalue weighted by Crippen LogP contribution is 1.80. The fourth-order valence-corrected chi connectivity index (χ4v) is 0. The molecule has 0 aromatic rings. The van der Waals surface area contributed by atoms with Crippen LogP contribution in [0.4, 0.5) is 0 Å². The van der Waals surface area contributed by atoms with Gasteiger partial charge < -0.3 is 0 Å². The molecule has 0 saturated heterocycles. The summed E-state index contributed by atoms with van der Waals surface area (Å²) in [4.78, 5) is 0. The molecule has 0 aromatic carbocycles. The Balaban J connectivity index is 2.54. The van der Waals surface area contributed by atoms with Gasteiger partial charge in [0.05, 0.1) is 0 Å². The van der Waals surface area contributed by atoms with Gasteiger partial charge in [-0.3, -0.25) is 0 Å². The molecule has 1 unspecified atom stereocenters. The average Bonchev–Trinajstić information content (AvgIpc) is 1.38. The van der Waals surface area contributed by atoms with Crippen molar-refractivity contribution in [2.45, 2.75) is 13.1 Å². The van der Waals surface area contributed by atoms with E-state index in [4.69, 9.17) is 11.1 Å². The third-order valence-corrected chi connectivity index (χ3v) is 7.84. The van der Waals surface area contributed by atoms with Gasteiger partial charge in [0, 0.05) is 9.04 Å². The Hall–Kier alpha value is 0.724. The SMILES string of the molecule is C[SiH2][SiH](C)Cl. The van der Waals surface area contributed by atoms with Gasteiger partial charge in [0.15, 0.2) is 0 Å². The van der Waals surface area contributed by atoms with Crippen LogP contribution in [0.2, 0.25) is 13.1 Å². The fourth-order valence-electron chi connectivity index (χ4n) is 0. The summed E-state index contributed by atoms with van der Waals surface area (Å²) < 4.78 is 0. The zero-order valence-electron chi connectivity index (χ0n) is 3.66. The van der Waals surface area contributed by atoms with Crippen molar-refractivity contribution in [2.75, 3.05) is 0 Å². The van der Waals surface area contributed by atoms with Crippen LogP contribution in [0.3, 0.4) is 0 Å². The Bertz CT molecular complexity index is 21.6. The van der Waals surface area contributed by atoms with E-state index in [9.17, 15) is 0 Å². The number of hydrogen-bond acceptors (Lipinski definition) is 0. The summed E-state index contributed by atoms with van der Waals surface area (Å²) in [7, 11) is -0.285. The van der Waals surface area contributed by atoms with Gasteiger partial charge in [-0.05, 0) is 0 Å². The Morgan fingerprint density at radius 1 is 1.80 bits per heavy atom. The van der Waals surface area contributed by atoms with Crippen molar-refractivity contribution in [1.29, 1.82) is 0 Å². The Kier molecular flexibility index (Phi) is 3.36. The second kappa shape index (κ2) is 2.94. The lowest BCUT2D eigenvalue weighted by atomic mass is 11.9. The van der Waals surface area contributed by atoms with E-state index in [1.807, 2.05) is 0 Å². The number of hydrogen-bond donors (Lipinski definition) is 0.